The fraction of sp³-hybridized carbons (Fsp3) is 0.250. The van der Waals surface area contributed by atoms with Gasteiger partial charge in [0.25, 0.3) is 0 Å². The number of hydrogen-bond donors (Lipinski definition) is 2. The van der Waals surface area contributed by atoms with E-state index < -0.39 is 5.97 Å². The zero-order valence-electron chi connectivity index (χ0n) is 12.3. The van der Waals surface area contributed by atoms with Gasteiger partial charge in [-0.3, -0.25) is 4.79 Å². The van der Waals surface area contributed by atoms with E-state index in [0.29, 0.717) is 11.5 Å². The van der Waals surface area contributed by atoms with Crippen LogP contribution in [0.15, 0.2) is 33.2 Å². The minimum Gasteiger partial charge on any atom is -0.478 e. The van der Waals surface area contributed by atoms with Crippen molar-refractivity contribution in [3.05, 3.63) is 56.9 Å². The van der Waals surface area contributed by atoms with Crippen LogP contribution in [0.2, 0.25) is 0 Å². The number of benzene rings is 1. The summed E-state index contributed by atoms with van der Waals surface area (Å²) in [6.07, 6.45) is 0.254. The predicted octanol–water partition coefficient (Wildman–Crippen LogP) is 3.22. The fourth-order valence-electron chi connectivity index (χ4n) is 2.02. The molecule has 0 aliphatic rings. The third-order valence-electron chi connectivity index (χ3n) is 3.26. The Morgan fingerprint density at radius 3 is 2.59 bits per heavy atom. The van der Waals surface area contributed by atoms with Crippen LogP contribution in [0.3, 0.4) is 0 Å². The molecule has 0 bridgehead atoms. The van der Waals surface area contributed by atoms with Crippen LogP contribution in [0.4, 0.5) is 0 Å². The Balaban J connectivity index is 1.94. The number of furan rings is 1. The third kappa shape index (κ3) is 3.98. The molecule has 0 atom stereocenters. The summed E-state index contributed by atoms with van der Waals surface area (Å²) >= 11 is 3.43. The number of hydrogen-bond acceptors (Lipinski definition) is 3. The normalized spacial score (nSPS) is 10.5. The second kappa shape index (κ2) is 6.79. The third-order valence-corrected chi connectivity index (χ3v) is 4.11. The largest absolute Gasteiger partial charge is 0.478 e. The van der Waals surface area contributed by atoms with Crippen molar-refractivity contribution in [2.45, 2.75) is 26.8 Å². The minimum atomic E-state index is -1.04. The maximum atomic E-state index is 11.9. The monoisotopic (exact) mass is 365 g/mol. The van der Waals surface area contributed by atoms with Gasteiger partial charge in [0.05, 0.1) is 13.0 Å². The zero-order chi connectivity index (χ0) is 16.3. The van der Waals surface area contributed by atoms with Gasteiger partial charge in [-0.15, -0.1) is 0 Å². The summed E-state index contributed by atoms with van der Waals surface area (Å²) in [5, 5.41) is 11.7. The number of carbonyl (C=O) groups excluding carboxylic acids is 1. The smallest absolute Gasteiger partial charge is 0.339 e. The van der Waals surface area contributed by atoms with Crippen LogP contribution in [-0.4, -0.2) is 17.0 Å². The molecule has 0 saturated heterocycles. The van der Waals surface area contributed by atoms with Crippen LogP contribution < -0.4 is 5.32 Å². The highest BCUT2D eigenvalue weighted by atomic mass is 79.9. The second-order valence-corrected chi connectivity index (χ2v) is 5.88. The van der Waals surface area contributed by atoms with E-state index in [1.54, 1.807) is 6.92 Å². The van der Waals surface area contributed by atoms with E-state index in [2.05, 4.69) is 21.2 Å². The molecular weight excluding hydrogens is 350 g/mol. The van der Waals surface area contributed by atoms with Crippen LogP contribution in [0.25, 0.3) is 0 Å². The molecule has 6 heteroatoms. The molecule has 0 unspecified atom stereocenters. The van der Waals surface area contributed by atoms with Crippen LogP contribution in [0.1, 0.15) is 33.0 Å². The van der Waals surface area contributed by atoms with Gasteiger partial charge in [0, 0.05) is 4.47 Å². The van der Waals surface area contributed by atoms with Crippen LogP contribution in [-0.2, 0) is 17.8 Å². The molecule has 0 radical (unpaired) electrons. The summed E-state index contributed by atoms with van der Waals surface area (Å²) < 4.78 is 6.27. The molecule has 1 amide bonds. The van der Waals surface area contributed by atoms with Crippen LogP contribution in [0, 0.1) is 13.8 Å². The Hall–Kier alpha value is -2.08. The SMILES string of the molecule is Cc1ccc(CC(=O)NCc2cc(C(=O)O)c(C)o2)cc1Br. The Morgan fingerprint density at radius 2 is 2.00 bits per heavy atom. The van der Waals surface area contributed by atoms with Gasteiger partial charge >= 0.3 is 5.97 Å². The molecule has 0 aliphatic carbocycles. The van der Waals surface area contributed by atoms with Gasteiger partial charge < -0.3 is 14.8 Å². The molecule has 2 rings (SSSR count). The van der Waals surface area contributed by atoms with E-state index in [1.165, 1.54) is 6.07 Å². The van der Waals surface area contributed by atoms with E-state index >= 15 is 0 Å². The van der Waals surface area contributed by atoms with Crippen molar-refractivity contribution in [3.8, 4) is 0 Å². The lowest BCUT2D eigenvalue weighted by molar-refractivity contribution is -0.120. The lowest BCUT2D eigenvalue weighted by Crippen LogP contribution is -2.24. The number of rotatable bonds is 5. The highest BCUT2D eigenvalue weighted by Crippen LogP contribution is 2.18. The molecule has 2 aromatic rings. The molecule has 22 heavy (non-hydrogen) atoms. The number of aromatic carboxylic acids is 1. The van der Waals surface area contributed by atoms with Gasteiger partial charge in [0.15, 0.2) is 0 Å². The molecule has 0 spiro atoms. The Kier molecular flexibility index (Phi) is 5.03. The van der Waals surface area contributed by atoms with Crippen molar-refractivity contribution in [2.75, 3.05) is 0 Å². The van der Waals surface area contributed by atoms with Crippen molar-refractivity contribution in [2.24, 2.45) is 0 Å². The van der Waals surface area contributed by atoms with Crippen molar-refractivity contribution < 1.29 is 19.1 Å². The lowest BCUT2D eigenvalue weighted by Gasteiger charge is -2.05. The summed E-state index contributed by atoms with van der Waals surface area (Å²) in [5.41, 5.74) is 2.12. The van der Waals surface area contributed by atoms with Gasteiger partial charge in [-0.05, 0) is 37.1 Å². The van der Waals surface area contributed by atoms with Crippen LogP contribution >= 0.6 is 15.9 Å². The van der Waals surface area contributed by atoms with E-state index in [4.69, 9.17) is 9.52 Å². The predicted molar refractivity (Wildman–Crippen MR) is 84.8 cm³/mol. The highest BCUT2D eigenvalue weighted by Gasteiger charge is 2.14. The first-order valence-electron chi connectivity index (χ1n) is 6.71. The standard InChI is InChI=1S/C16H16BrNO4/c1-9-3-4-11(5-14(9)17)6-15(19)18-8-12-7-13(16(20)21)10(2)22-12/h3-5,7H,6,8H2,1-2H3,(H,18,19)(H,20,21). The summed E-state index contributed by atoms with van der Waals surface area (Å²) in [6.45, 7) is 3.73. The number of amides is 1. The van der Waals surface area contributed by atoms with Gasteiger partial charge in [-0.25, -0.2) is 4.79 Å². The molecule has 5 nitrogen and oxygen atoms in total. The number of carbonyl (C=O) groups is 2. The van der Waals surface area contributed by atoms with E-state index in [1.807, 2.05) is 25.1 Å². The Bertz CT molecular complexity index is 721. The van der Waals surface area contributed by atoms with Crippen molar-refractivity contribution in [3.63, 3.8) is 0 Å². The van der Waals surface area contributed by atoms with E-state index in [-0.39, 0.29) is 24.4 Å². The summed E-state index contributed by atoms with van der Waals surface area (Å²) in [6, 6.07) is 7.19. The Labute approximate surface area is 136 Å². The molecule has 0 fully saturated rings. The quantitative estimate of drug-likeness (QED) is 0.852. The summed E-state index contributed by atoms with van der Waals surface area (Å²) in [7, 11) is 0. The van der Waals surface area contributed by atoms with Crippen LogP contribution in [0.5, 0.6) is 0 Å². The number of halogens is 1. The molecule has 116 valence electrons. The second-order valence-electron chi connectivity index (χ2n) is 5.02. The maximum Gasteiger partial charge on any atom is 0.339 e. The van der Waals surface area contributed by atoms with E-state index in [9.17, 15) is 9.59 Å². The Morgan fingerprint density at radius 1 is 1.27 bits per heavy atom. The first kappa shape index (κ1) is 16.3. The molecular formula is C16H16BrNO4. The number of aryl methyl sites for hydroxylation is 2. The zero-order valence-corrected chi connectivity index (χ0v) is 13.9. The lowest BCUT2D eigenvalue weighted by atomic mass is 10.1. The van der Waals surface area contributed by atoms with Gasteiger partial charge in [0.2, 0.25) is 5.91 Å². The van der Waals surface area contributed by atoms with Crippen molar-refractivity contribution in [1.82, 2.24) is 5.32 Å². The topological polar surface area (TPSA) is 79.5 Å². The minimum absolute atomic E-state index is 0.117. The molecule has 0 saturated carbocycles. The molecule has 1 aromatic heterocycles. The van der Waals surface area contributed by atoms with Gasteiger partial charge in [-0.2, -0.15) is 0 Å². The highest BCUT2D eigenvalue weighted by molar-refractivity contribution is 9.10. The van der Waals surface area contributed by atoms with E-state index in [0.717, 1.165) is 15.6 Å². The average molecular weight is 366 g/mol. The molecule has 1 heterocycles. The first-order valence-corrected chi connectivity index (χ1v) is 7.50. The fourth-order valence-corrected chi connectivity index (χ4v) is 2.45. The van der Waals surface area contributed by atoms with Crippen molar-refractivity contribution >= 4 is 27.8 Å². The summed E-state index contributed by atoms with van der Waals surface area (Å²) in [4.78, 5) is 22.8. The average Bonchev–Trinajstić information content (AvgIpc) is 2.82. The van der Waals surface area contributed by atoms with Gasteiger partial charge in [0.1, 0.15) is 17.1 Å². The first-order chi connectivity index (χ1) is 10.4. The van der Waals surface area contributed by atoms with Gasteiger partial charge in [-0.1, -0.05) is 28.1 Å². The summed E-state index contributed by atoms with van der Waals surface area (Å²) in [5.74, 6) is -0.433. The maximum absolute atomic E-state index is 11.9. The van der Waals surface area contributed by atoms with Crippen molar-refractivity contribution in [1.29, 1.82) is 0 Å². The molecule has 0 aliphatic heterocycles. The molecule has 1 aromatic carbocycles. The molecule has 2 N–H and O–H groups in total. The number of carboxylic acids is 1. The number of carboxylic acid groups (broad SMARTS) is 1. The number of nitrogens with one attached hydrogen (secondary N) is 1.